The maximum Gasteiger partial charge on any atom is 0.143 e. The van der Waals surface area contributed by atoms with E-state index in [1.54, 1.807) is 0 Å². The molecule has 0 amide bonds. The number of hydrogen-bond donors (Lipinski definition) is 0. The van der Waals surface area contributed by atoms with Crippen molar-refractivity contribution in [3.8, 4) is 33.6 Å². The number of rotatable bonds is 4. The first-order valence-electron chi connectivity index (χ1n) is 19.8. The lowest BCUT2D eigenvalue weighted by Crippen LogP contribution is -1.95. The second-order valence-corrected chi connectivity index (χ2v) is 16.3. The van der Waals surface area contributed by atoms with Gasteiger partial charge in [-0.1, -0.05) is 121 Å². The highest BCUT2D eigenvalue weighted by Crippen LogP contribution is 2.46. The van der Waals surface area contributed by atoms with Crippen molar-refractivity contribution in [3.63, 3.8) is 0 Å². The van der Waals surface area contributed by atoms with Crippen molar-refractivity contribution < 1.29 is 4.42 Å². The highest BCUT2D eigenvalue weighted by Gasteiger charge is 2.21. The van der Waals surface area contributed by atoms with Gasteiger partial charge >= 0.3 is 0 Å². The molecule has 0 bridgehead atoms. The van der Waals surface area contributed by atoms with E-state index in [2.05, 4.69) is 197 Å². The van der Waals surface area contributed by atoms with Gasteiger partial charge in [0, 0.05) is 75.0 Å². The van der Waals surface area contributed by atoms with Crippen LogP contribution in [0.1, 0.15) is 0 Å². The minimum absolute atomic E-state index is 0.910. The Labute approximate surface area is 336 Å². The van der Waals surface area contributed by atoms with E-state index in [-0.39, 0.29) is 0 Å². The van der Waals surface area contributed by atoms with Crippen molar-refractivity contribution in [1.82, 2.24) is 9.13 Å². The fourth-order valence-electron chi connectivity index (χ4n) is 9.54. The average molecular weight is 757 g/mol. The molecule has 0 aliphatic heterocycles. The van der Waals surface area contributed by atoms with Crippen molar-refractivity contribution in [2.75, 3.05) is 0 Å². The molecule has 0 saturated carbocycles. The molecular formula is C54H32N2OS. The summed E-state index contributed by atoms with van der Waals surface area (Å²) in [5, 5.41) is 9.78. The average Bonchev–Trinajstić information content (AvgIpc) is 4.04. The van der Waals surface area contributed by atoms with Gasteiger partial charge in [-0.05, 0) is 83.9 Å². The zero-order chi connectivity index (χ0) is 37.9. The van der Waals surface area contributed by atoms with Crippen LogP contribution in [0, 0.1) is 0 Å². The fraction of sp³-hybridized carbons (Fsp3) is 0. The van der Waals surface area contributed by atoms with Gasteiger partial charge in [-0.15, -0.1) is 11.3 Å². The maximum atomic E-state index is 6.66. The molecular weight excluding hydrogens is 725 g/mol. The largest absolute Gasteiger partial charge is 0.455 e. The number of para-hydroxylation sites is 5. The van der Waals surface area contributed by atoms with Crippen LogP contribution in [0.5, 0.6) is 0 Å². The molecule has 4 heteroatoms. The first-order valence-corrected chi connectivity index (χ1v) is 20.6. The van der Waals surface area contributed by atoms with Crippen LogP contribution < -0.4 is 0 Å². The lowest BCUT2D eigenvalue weighted by atomic mass is 9.99. The van der Waals surface area contributed by atoms with Crippen molar-refractivity contribution >= 4 is 97.1 Å². The zero-order valence-corrected chi connectivity index (χ0v) is 32.0. The van der Waals surface area contributed by atoms with E-state index in [9.17, 15) is 0 Å². The molecule has 270 valence electrons. The van der Waals surface area contributed by atoms with E-state index < -0.39 is 0 Å². The molecule has 0 N–H and O–H groups in total. The Morgan fingerprint density at radius 3 is 1.64 bits per heavy atom. The standard InChI is InChI=1S/C54H32N2OS/c1-2-13-35(14-3-1)55-47-21-8-4-15-37(47)43-29-33(25-27-49(43)55)34-26-28-50-44(30-34)38-16-5-9-22-48(38)56(50)36-31-45-40-18-7-11-24-52(40)58-54(45)46(32-36)42-20-12-19-41-39-17-6-10-23-51(39)57-53(41)42/h1-32H. The third-order valence-corrected chi connectivity index (χ3v) is 13.3. The predicted octanol–water partition coefficient (Wildman–Crippen LogP) is 15.5. The highest BCUT2D eigenvalue weighted by atomic mass is 32.1. The highest BCUT2D eigenvalue weighted by molar-refractivity contribution is 7.26. The van der Waals surface area contributed by atoms with E-state index >= 15 is 0 Å². The number of hydrogen-bond acceptors (Lipinski definition) is 2. The van der Waals surface area contributed by atoms with Gasteiger partial charge in [0.2, 0.25) is 0 Å². The fourth-order valence-corrected chi connectivity index (χ4v) is 10.8. The summed E-state index contributed by atoms with van der Waals surface area (Å²) < 4.78 is 14.0. The number of thiophene rings is 1. The molecule has 4 aromatic heterocycles. The summed E-state index contributed by atoms with van der Waals surface area (Å²) in [6.45, 7) is 0. The molecule has 13 rings (SSSR count). The van der Waals surface area contributed by atoms with Crippen LogP contribution >= 0.6 is 11.3 Å². The van der Waals surface area contributed by atoms with Gasteiger partial charge in [-0.3, -0.25) is 0 Å². The number of benzene rings is 9. The topological polar surface area (TPSA) is 23.0 Å². The summed E-state index contributed by atoms with van der Waals surface area (Å²) in [4.78, 5) is 0. The molecule has 0 aliphatic carbocycles. The molecule has 0 spiro atoms. The second-order valence-electron chi connectivity index (χ2n) is 15.3. The minimum atomic E-state index is 0.910. The van der Waals surface area contributed by atoms with E-state index in [0.717, 1.165) is 33.2 Å². The van der Waals surface area contributed by atoms with E-state index in [4.69, 9.17) is 4.42 Å². The molecule has 4 heterocycles. The van der Waals surface area contributed by atoms with Gasteiger partial charge in [-0.25, -0.2) is 0 Å². The van der Waals surface area contributed by atoms with Crippen molar-refractivity contribution in [3.05, 3.63) is 194 Å². The molecule has 0 aliphatic rings. The minimum Gasteiger partial charge on any atom is -0.455 e. The molecule has 0 unspecified atom stereocenters. The van der Waals surface area contributed by atoms with Crippen LogP contribution in [0.3, 0.4) is 0 Å². The lowest BCUT2D eigenvalue weighted by molar-refractivity contribution is 0.670. The second kappa shape index (κ2) is 12.1. The van der Waals surface area contributed by atoms with Crippen LogP contribution in [0.2, 0.25) is 0 Å². The first kappa shape index (κ1) is 31.8. The van der Waals surface area contributed by atoms with Crippen molar-refractivity contribution in [2.45, 2.75) is 0 Å². The Morgan fingerprint density at radius 2 is 0.914 bits per heavy atom. The molecule has 0 atom stereocenters. The van der Waals surface area contributed by atoms with Gasteiger partial charge < -0.3 is 13.6 Å². The number of nitrogens with zero attached hydrogens (tertiary/aromatic N) is 2. The lowest BCUT2D eigenvalue weighted by Gasteiger charge is -2.13. The summed E-state index contributed by atoms with van der Waals surface area (Å²) in [5.74, 6) is 0. The van der Waals surface area contributed by atoms with Gasteiger partial charge in [0.25, 0.3) is 0 Å². The molecule has 58 heavy (non-hydrogen) atoms. The predicted molar refractivity (Wildman–Crippen MR) is 246 cm³/mol. The number of fused-ring (bicyclic) bond motifs is 12. The third kappa shape index (κ3) is 4.49. The van der Waals surface area contributed by atoms with Gasteiger partial charge in [0.1, 0.15) is 11.2 Å². The quantitative estimate of drug-likeness (QED) is 0.175. The summed E-state index contributed by atoms with van der Waals surface area (Å²) in [5.41, 5.74) is 13.6. The number of furan rings is 1. The van der Waals surface area contributed by atoms with Gasteiger partial charge in [-0.2, -0.15) is 0 Å². The van der Waals surface area contributed by atoms with Crippen LogP contribution in [0.4, 0.5) is 0 Å². The van der Waals surface area contributed by atoms with Crippen molar-refractivity contribution in [1.29, 1.82) is 0 Å². The smallest absolute Gasteiger partial charge is 0.143 e. The molecule has 13 aromatic rings. The maximum absolute atomic E-state index is 6.66. The Bertz CT molecular complexity index is 3800. The monoisotopic (exact) mass is 756 g/mol. The van der Waals surface area contributed by atoms with Gasteiger partial charge in [0.15, 0.2) is 0 Å². The Hall–Kier alpha value is -7.40. The number of aromatic nitrogens is 2. The summed E-state index contributed by atoms with van der Waals surface area (Å²) >= 11 is 1.86. The molecule has 0 saturated heterocycles. The Kier molecular flexibility index (Phi) is 6.60. The van der Waals surface area contributed by atoms with E-state index in [1.807, 2.05) is 17.4 Å². The molecule has 0 radical (unpaired) electrons. The van der Waals surface area contributed by atoms with Crippen LogP contribution in [0.15, 0.2) is 199 Å². The third-order valence-electron chi connectivity index (χ3n) is 12.1. The summed E-state index contributed by atoms with van der Waals surface area (Å²) in [6.07, 6.45) is 0. The van der Waals surface area contributed by atoms with Gasteiger partial charge in [0.05, 0.1) is 22.1 Å². The SMILES string of the molecule is c1ccc(-n2c3ccccc3c3cc(-c4ccc5c(c4)c4ccccc4n5-c4cc(-c5cccc6c5oc5ccccc56)c5sc6ccccc6c5c4)ccc32)cc1. The Balaban J connectivity index is 1.04. The van der Waals surface area contributed by atoms with Crippen LogP contribution in [-0.4, -0.2) is 9.13 Å². The normalized spacial score (nSPS) is 12.1. The summed E-state index contributed by atoms with van der Waals surface area (Å²) in [7, 11) is 0. The van der Waals surface area contributed by atoms with Crippen LogP contribution in [-0.2, 0) is 0 Å². The molecule has 9 aromatic carbocycles. The van der Waals surface area contributed by atoms with Crippen molar-refractivity contribution in [2.24, 2.45) is 0 Å². The van der Waals surface area contributed by atoms with E-state index in [1.165, 1.54) is 86.2 Å². The Morgan fingerprint density at radius 1 is 0.345 bits per heavy atom. The van der Waals surface area contributed by atoms with Crippen LogP contribution in [0.25, 0.3) is 119 Å². The molecule has 0 fully saturated rings. The summed E-state index contributed by atoms with van der Waals surface area (Å²) in [6, 6.07) is 70.7. The van der Waals surface area contributed by atoms with E-state index in [0.29, 0.717) is 0 Å². The molecule has 3 nitrogen and oxygen atoms in total. The first-order chi connectivity index (χ1) is 28.8. The zero-order valence-electron chi connectivity index (χ0n) is 31.2.